The fraction of sp³-hybridized carbons (Fsp3) is 0.176. The van der Waals surface area contributed by atoms with Gasteiger partial charge in [-0.15, -0.1) is 0 Å². The van der Waals surface area contributed by atoms with Gasteiger partial charge in [-0.2, -0.15) is 5.10 Å². The third-order valence-corrected chi connectivity index (χ3v) is 4.73. The van der Waals surface area contributed by atoms with Crippen LogP contribution in [0.3, 0.4) is 0 Å². The summed E-state index contributed by atoms with van der Waals surface area (Å²) in [4.78, 5) is 10.8. The number of amides is 1. The quantitative estimate of drug-likeness (QED) is 0.752. The van der Waals surface area contributed by atoms with Crippen molar-refractivity contribution in [3.63, 3.8) is 0 Å². The predicted octanol–water partition coefficient (Wildman–Crippen LogP) is 3.94. The molecule has 1 amide bonds. The zero-order valence-corrected chi connectivity index (χ0v) is 14.7. The molecule has 0 saturated carbocycles. The van der Waals surface area contributed by atoms with E-state index in [2.05, 4.69) is 5.10 Å². The van der Waals surface area contributed by atoms with Crippen molar-refractivity contribution in [2.75, 3.05) is 14.2 Å². The number of rotatable bonds is 3. The van der Waals surface area contributed by atoms with Gasteiger partial charge in [-0.05, 0) is 29.8 Å². The van der Waals surface area contributed by atoms with Crippen LogP contribution in [0.15, 0.2) is 41.5 Å². The molecule has 0 aromatic heterocycles. The first-order valence-electron chi connectivity index (χ1n) is 7.15. The highest BCUT2D eigenvalue weighted by Gasteiger charge is 2.52. The Kier molecular flexibility index (Phi) is 4.43. The molecule has 25 heavy (non-hydrogen) atoms. The molecule has 130 valence electrons. The van der Waals surface area contributed by atoms with E-state index in [1.54, 1.807) is 0 Å². The largest absolute Gasteiger partial charge is 0.494 e. The van der Waals surface area contributed by atoms with Gasteiger partial charge in [-0.1, -0.05) is 35.3 Å². The molecule has 0 aliphatic carbocycles. The smallest absolute Gasteiger partial charge is 0.274 e. The first-order valence-corrected chi connectivity index (χ1v) is 7.90. The normalized spacial score (nSPS) is 20.0. The number of likely N-dealkylation sites (N-methyl/N-ethyl adjacent to an activating group) is 1. The third kappa shape index (κ3) is 2.65. The summed E-state index contributed by atoms with van der Waals surface area (Å²) < 4.78 is 34.0. The van der Waals surface area contributed by atoms with Gasteiger partial charge in [0.15, 0.2) is 16.4 Å². The van der Waals surface area contributed by atoms with Gasteiger partial charge in [-0.25, -0.2) is 13.8 Å². The lowest BCUT2D eigenvalue weighted by Crippen LogP contribution is -2.39. The van der Waals surface area contributed by atoms with Crippen LogP contribution < -0.4 is 4.74 Å². The number of halogens is 4. The van der Waals surface area contributed by atoms with Crippen molar-refractivity contribution < 1.29 is 18.3 Å². The van der Waals surface area contributed by atoms with Gasteiger partial charge in [0.1, 0.15) is 11.5 Å². The molecule has 8 heteroatoms. The molecule has 1 atom stereocenters. The van der Waals surface area contributed by atoms with Gasteiger partial charge >= 0.3 is 0 Å². The van der Waals surface area contributed by atoms with Crippen LogP contribution in [0.25, 0.3) is 0 Å². The van der Waals surface area contributed by atoms with E-state index in [9.17, 15) is 13.6 Å². The maximum Gasteiger partial charge on any atom is 0.274 e. The molecule has 4 nitrogen and oxygen atoms in total. The number of ether oxygens (including phenoxy) is 1. The maximum atomic E-state index is 14.7. The minimum atomic E-state index is -1.88. The molecule has 1 aliphatic rings. The summed E-state index contributed by atoms with van der Waals surface area (Å²) in [5.74, 6) is -2.70. The van der Waals surface area contributed by atoms with Crippen molar-refractivity contribution in [2.45, 2.75) is 4.87 Å². The monoisotopic (exact) mass is 384 g/mol. The van der Waals surface area contributed by atoms with Crippen molar-refractivity contribution in [1.82, 2.24) is 5.01 Å². The molecule has 0 radical (unpaired) electrons. The molecule has 0 saturated heterocycles. The lowest BCUT2D eigenvalue weighted by molar-refractivity contribution is -0.129. The Hall–Kier alpha value is -2.18. The summed E-state index contributed by atoms with van der Waals surface area (Å²) in [7, 11) is 2.61. The summed E-state index contributed by atoms with van der Waals surface area (Å²) in [6.07, 6.45) is 0. The Morgan fingerprint density at radius 2 is 1.80 bits per heavy atom. The van der Waals surface area contributed by atoms with E-state index in [1.807, 2.05) is 0 Å². The average Bonchev–Trinajstić information content (AvgIpc) is 2.81. The van der Waals surface area contributed by atoms with Crippen LogP contribution in [0.5, 0.6) is 5.75 Å². The van der Waals surface area contributed by atoms with Gasteiger partial charge in [-0.3, -0.25) is 4.79 Å². The number of hydrogen-bond acceptors (Lipinski definition) is 3. The van der Waals surface area contributed by atoms with E-state index < -0.39 is 28.0 Å². The number of hydrogen-bond donors (Lipinski definition) is 0. The van der Waals surface area contributed by atoms with E-state index in [-0.39, 0.29) is 11.5 Å². The molecular weight excluding hydrogens is 373 g/mol. The number of benzene rings is 2. The van der Waals surface area contributed by atoms with Crippen LogP contribution in [-0.2, 0) is 9.67 Å². The van der Waals surface area contributed by atoms with Crippen LogP contribution in [-0.4, -0.2) is 30.8 Å². The first kappa shape index (κ1) is 17.6. The number of carbonyl (C=O) groups excluding carboxylic acids is 1. The summed E-state index contributed by atoms with van der Waals surface area (Å²) in [6.45, 7) is 0. The summed E-state index contributed by atoms with van der Waals surface area (Å²) >= 11 is 12.5. The van der Waals surface area contributed by atoms with E-state index in [0.29, 0.717) is 10.6 Å². The van der Waals surface area contributed by atoms with Crippen molar-refractivity contribution >= 4 is 34.8 Å². The third-order valence-electron chi connectivity index (χ3n) is 3.92. The molecule has 0 fully saturated rings. The minimum Gasteiger partial charge on any atom is -0.494 e. The maximum absolute atomic E-state index is 14.7. The van der Waals surface area contributed by atoms with Gasteiger partial charge in [0.2, 0.25) is 0 Å². The highest BCUT2D eigenvalue weighted by molar-refractivity contribution is 6.50. The Morgan fingerprint density at radius 1 is 1.16 bits per heavy atom. The molecule has 3 rings (SSSR count). The SMILES string of the molecule is COc1ccc(F)c(C2=NN(C)C(=O)C2(Cl)c2ccc(Cl)cc2)c1F. The molecule has 0 N–H and O–H groups in total. The van der Waals surface area contributed by atoms with Gasteiger partial charge in [0, 0.05) is 12.1 Å². The molecule has 2 aromatic carbocycles. The molecular formula is C17H12Cl2F2N2O2. The Balaban J connectivity index is 2.26. The molecule has 2 aromatic rings. The van der Waals surface area contributed by atoms with Gasteiger partial charge in [0.25, 0.3) is 5.91 Å². The van der Waals surface area contributed by atoms with Crippen LogP contribution >= 0.6 is 23.2 Å². The first-order chi connectivity index (χ1) is 11.8. The van der Waals surface area contributed by atoms with Crippen molar-refractivity contribution in [2.24, 2.45) is 5.10 Å². The molecule has 1 unspecified atom stereocenters. The minimum absolute atomic E-state index is 0.184. The second kappa shape index (κ2) is 6.28. The lowest BCUT2D eigenvalue weighted by Gasteiger charge is -2.23. The molecule has 1 heterocycles. The van der Waals surface area contributed by atoms with Crippen LogP contribution in [0.1, 0.15) is 11.1 Å². The van der Waals surface area contributed by atoms with Crippen LogP contribution in [0.2, 0.25) is 5.02 Å². The number of nitrogens with zero attached hydrogens (tertiary/aromatic N) is 2. The van der Waals surface area contributed by atoms with Gasteiger partial charge in [0.05, 0.1) is 12.7 Å². The van der Waals surface area contributed by atoms with E-state index in [0.717, 1.165) is 17.1 Å². The number of alkyl halides is 1. The molecule has 1 aliphatic heterocycles. The van der Waals surface area contributed by atoms with Crippen molar-refractivity contribution in [3.8, 4) is 5.75 Å². The van der Waals surface area contributed by atoms with Crippen LogP contribution in [0, 0.1) is 11.6 Å². The second-order valence-corrected chi connectivity index (χ2v) is 6.38. The van der Waals surface area contributed by atoms with Gasteiger partial charge < -0.3 is 4.74 Å². The van der Waals surface area contributed by atoms with E-state index in [4.69, 9.17) is 27.9 Å². The summed E-state index contributed by atoms with van der Waals surface area (Å²) in [6, 6.07) is 8.26. The summed E-state index contributed by atoms with van der Waals surface area (Å²) in [5, 5.41) is 5.37. The van der Waals surface area contributed by atoms with E-state index >= 15 is 0 Å². The van der Waals surface area contributed by atoms with Crippen LogP contribution in [0.4, 0.5) is 8.78 Å². The standard InChI is InChI=1S/C17H12Cl2F2N2O2/c1-23-16(24)17(19,9-3-5-10(18)6-4-9)15(22-23)13-11(20)7-8-12(25-2)14(13)21/h3-8H,1-2H3. The topological polar surface area (TPSA) is 41.9 Å². The Morgan fingerprint density at radius 3 is 2.40 bits per heavy atom. The van der Waals surface area contributed by atoms with Crippen molar-refractivity contribution in [1.29, 1.82) is 0 Å². The zero-order valence-electron chi connectivity index (χ0n) is 13.2. The summed E-state index contributed by atoms with van der Waals surface area (Å²) in [5.41, 5.74) is -0.465. The highest BCUT2D eigenvalue weighted by atomic mass is 35.5. The zero-order chi connectivity index (χ0) is 18.4. The fourth-order valence-corrected chi connectivity index (χ4v) is 3.17. The lowest BCUT2D eigenvalue weighted by atomic mass is 9.88. The predicted molar refractivity (Wildman–Crippen MR) is 91.2 cm³/mol. The number of hydrazone groups is 1. The second-order valence-electron chi connectivity index (χ2n) is 5.38. The van der Waals surface area contributed by atoms with Crippen molar-refractivity contribution in [3.05, 3.63) is 64.2 Å². The average molecular weight is 385 g/mol. The highest BCUT2D eigenvalue weighted by Crippen LogP contribution is 2.42. The number of carbonyl (C=O) groups is 1. The fourth-order valence-electron chi connectivity index (χ4n) is 2.66. The molecule has 0 spiro atoms. The Bertz CT molecular complexity index is 887. The Labute approximate surface area is 152 Å². The van der Waals surface area contributed by atoms with E-state index in [1.165, 1.54) is 38.4 Å². The number of methoxy groups -OCH3 is 1. The molecule has 0 bridgehead atoms.